The Labute approximate surface area is 129 Å². The smallest absolute Gasteiger partial charge is 0.310 e. The number of carbonyl (C=O) groups excluding carboxylic acids is 1. The standard InChI is InChI=1S/C15H23NO6/c1-4-21-15(20)9(2)13(12(10(3)17)14(18)19)16-8-11-6-5-7-22-11/h5-7,9-10,12-13,16-17H,4,8H2,1-3H3,(H,18,19). The van der Waals surface area contributed by atoms with Crippen LogP contribution in [0.1, 0.15) is 26.5 Å². The number of carboxylic acids is 1. The second-order valence-corrected chi connectivity index (χ2v) is 5.13. The lowest BCUT2D eigenvalue weighted by molar-refractivity contribution is -0.153. The van der Waals surface area contributed by atoms with Crippen molar-refractivity contribution in [1.29, 1.82) is 0 Å². The number of aliphatic carboxylic acids is 1. The van der Waals surface area contributed by atoms with E-state index >= 15 is 0 Å². The number of carbonyl (C=O) groups is 2. The number of hydrogen-bond donors (Lipinski definition) is 3. The van der Waals surface area contributed by atoms with Gasteiger partial charge in [-0.3, -0.25) is 9.59 Å². The average Bonchev–Trinajstić information content (AvgIpc) is 2.95. The lowest BCUT2D eigenvalue weighted by atomic mass is 9.85. The summed E-state index contributed by atoms with van der Waals surface area (Å²) in [4.78, 5) is 23.4. The van der Waals surface area contributed by atoms with Crippen LogP contribution in [0.3, 0.4) is 0 Å². The predicted octanol–water partition coefficient (Wildman–Crippen LogP) is 1.02. The molecule has 0 aliphatic carbocycles. The Balaban J connectivity index is 2.91. The van der Waals surface area contributed by atoms with Crippen molar-refractivity contribution >= 4 is 11.9 Å². The van der Waals surface area contributed by atoms with Gasteiger partial charge in [-0.25, -0.2) is 0 Å². The van der Waals surface area contributed by atoms with E-state index in [2.05, 4.69) is 5.32 Å². The van der Waals surface area contributed by atoms with Gasteiger partial charge in [0.2, 0.25) is 0 Å². The minimum atomic E-state index is -1.18. The summed E-state index contributed by atoms with van der Waals surface area (Å²) >= 11 is 0. The number of aliphatic hydroxyl groups excluding tert-OH is 1. The van der Waals surface area contributed by atoms with Crippen LogP contribution < -0.4 is 5.32 Å². The summed E-state index contributed by atoms with van der Waals surface area (Å²) in [6.45, 7) is 5.10. The second kappa shape index (κ2) is 8.55. The quantitative estimate of drug-likeness (QED) is 0.584. The highest BCUT2D eigenvalue weighted by atomic mass is 16.5. The van der Waals surface area contributed by atoms with E-state index < -0.39 is 35.9 Å². The molecule has 0 fully saturated rings. The fraction of sp³-hybridized carbons (Fsp3) is 0.600. The van der Waals surface area contributed by atoms with Crippen LogP contribution in [0.15, 0.2) is 22.8 Å². The Hall–Kier alpha value is -1.86. The van der Waals surface area contributed by atoms with Gasteiger partial charge in [0.25, 0.3) is 0 Å². The normalized spacial score (nSPS) is 16.5. The maximum absolute atomic E-state index is 11.9. The third kappa shape index (κ3) is 4.85. The summed E-state index contributed by atoms with van der Waals surface area (Å²) < 4.78 is 10.1. The van der Waals surface area contributed by atoms with E-state index in [9.17, 15) is 19.8 Å². The van der Waals surface area contributed by atoms with Crippen molar-refractivity contribution in [1.82, 2.24) is 5.32 Å². The molecule has 4 atom stereocenters. The molecule has 0 aromatic carbocycles. The number of nitrogens with one attached hydrogen (secondary N) is 1. The highest BCUT2D eigenvalue weighted by Crippen LogP contribution is 2.20. The zero-order valence-electron chi connectivity index (χ0n) is 13.0. The molecule has 0 saturated heterocycles. The van der Waals surface area contributed by atoms with Gasteiger partial charge in [-0.2, -0.15) is 0 Å². The van der Waals surface area contributed by atoms with E-state index in [4.69, 9.17) is 9.15 Å². The third-order valence-corrected chi connectivity index (χ3v) is 3.48. The fourth-order valence-corrected chi connectivity index (χ4v) is 2.33. The van der Waals surface area contributed by atoms with Crippen molar-refractivity contribution in [3.05, 3.63) is 24.2 Å². The molecule has 0 radical (unpaired) electrons. The molecule has 22 heavy (non-hydrogen) atoms. The molecule has 0 amide bonds. The maximum atomic E-state index is 11.9. The highest BCUT2D eigenvalue weighted by Gasteiger charge is 2.39. The van der Waals surface area contributed by atoms with Crippen molar-refractivity contribution < 1.29 is 29.0 Å². The first kappa shape index (κ1) is 18.2. The second-order valence-electron chi connectivity index (χ2n) is 5.13. The van der Waals surface area contributed by atoms with Crippen LogP contribution in [-0.4, -0.2) is 40.9 Å². The molecule has 124 valence electrons. The van der Waals surface area contributed by atoms with Crippen LogP contribution in [0.5, 0.6) is 0 Å². The number of carboxylic acid groups (broad SMARTS) is 1. The van der Waals surface area contributed by atoms with Gasteiger partial charge in [0.05, 0.1) is 37.4 Å². The van der Waals surface area contributed by atoms with E-state index in [0.29, 0.717) is 5.76 Å². The van der Waals surface area contributed by atoms with Crippen LogP contribution in [0.4, 0.5) is 0 Å². The summed E-state index contributed by atoms with van der Waals surface area (Å²) in [7, 11) is 0. The highest BCUT2D eigenvalue weighted by molar-refractivity contribution is 5.76. The number of hydrogen-bond acceptors (Lipinski definition) is 6. The molecular weight excluding hydrogens is 290 g/mol. The van der Waals surface area contributed by atoms with Gasteiger partial charge < -0.3 is 24.7 Å². The van der Waals surface area contributed by atoms with Crippen molar-refractivity contribution in [3.63, 3.8) is 0 Å². The van der Waals surface area contributed by atoms with Gasteiger partial charge in [0, 0.05) is 6.04 Å². The molecule has 4 unspecified atom stereocenters. The molecular formula is C15H23NO6. The summed E-state index contributed by atoms with van der Waals surface area (Å²) in [6.07, 6.45) is 0.382. The molecule has 1 aromatic rings. The van der Waals surface area contributed by atoms with Gasteiger partial charge >= 0.3 is 11.9 Å². The minimum absolute atomic E-state index is 0.209. The molecule has 7 heteroatoms. The summed E-state index contributed by atoms with van der Waals surface area (Å²) in [6, 6.07) is 2.66. The van der Waals surface area contributed by atoms with E-state index in [1.54, 1.807) is 26.0 Å². The number of ether oxygens (including phenoxy) is 1. The molecule has 0 aliphatic rings. The molecule has 0 bridgehead atoms. The molecule has 1 rings (SSSR count). The third-order valence-electron chi connectivity index (χ3n) is 3.48. The summed E-state index contributed by atoms with van der Waals surface area (Å²) in [5.41, 5.74) is 0. The van der Waals surface area contributed by atoms with Gasteiger partial charge in [0.15, 0.2) is 0 Å². The molecule has 0 saturated carbocycles. The summed E-state index contributed by atoms with van der Waals surface area (Å²) in [5.74, 6) is -2.95. The lowest BCUT2D eigenvalue weighted by Gasteiger charge is -2.30. The van der Waals surface area contributed by atoms with E-state index in [1.807, 2.05) is 0 Å². The topological polar surface area (TPSA) is 109 Å². The molecule has 1 aromatic heterocycles. The van der Waals surface area contributed by atoms with Gasteiger partial charge in [0.1, 0.15) is 5.76 Å². The van der Waals surface area contributed by atoms with Gasteiger partial charge in [-0.15, -0.1) is 0 Å². The fourth-order valence-electron chi connectivity index (χ4n) is 2.33. The van der Waals surface area contributed by atoms with E-state index in [1.165, 1.54) is 13.2 Å². The van der Waals surface area contributed by atoms with Gasteiger partial charge in [-0.05, 0) is 26.0 Å². The first-order valence-electron chi connectivity index (χ1n) is 7.21. The van der Waals surface area contributed by atoms with Crippen LogP contribution in [0.2, 0.25) is 0 Å². The summed E-state index contributed by atoms with van der Waals surface area (Å²) in [5, 5.41) is 22.1. The van der Waals surface area contributed by atoms with Crippen molar-refractivity contribution in [2.75, 3.05) is 6.61 Å². The first-order chi connectivity index (χ1) is 10.4. The lowest BCUT2D eigenvalue weighted by Crippen LogP contribution is -2.50. The Bertz CT molecular complexity index is 470. The Morgan fingerprint density at radius 1 is 1.41 bits per heavy atom. The number of aliphatic hydroxyl groups is 1. The first-order valence-corrected chi connectivity index (χ1v) is 7.21. The van der Waals surface area contributed by atoms with Crippen LogP contribution >= 0.6 is 0 Å². The molecule has 7 nitrogen and oxygen atoms in total. The average molecular weight is 313 g/mol. The van der Waals surface area contributed by atoms with Crippen molar-refractivity contribution in [2.45, 2.75) is 39.5 Å². The zero-order chi connectivity index (χ0) is 16.7. The number of rotatable bonds is 9. The zero-order valence-corrected chi connectivity index (χ0v) is 13.0. The molecule has 0 aliphatic heterocycles. The van der Waals surface area contributed by atoms with Crippen molar-refractivity contribution in [2.24, 2.45) is 11.8 Å². The predicted molar refractivity (Wildman–Crippen MR) is 77.9 cm³/mol. The number of furan rings is 1. The van der Waals surface area contributed by atoms with Crippen LogP contribution in [0.25, 0.3) is 0 Å². The number of esters is 1. The largest absolute Gasteiger partial charge is 0.481 e. The van der Waals surface area contributed by atoms with Crippen LogP contribution in [-0.2, 0) is 20.9 Å². The molecule has 0 spiro atoms. The van der Waals surface area contributed by atoms with Crippen LogP contribution in [0, 0.1) is 11.8 Å². The Kier molecular flexibility index (Phi) is 7.07. The van der Waals surface area contributed by atoms with Crippen molar-refractivity contribution in [3.8, 4) is 0 Å². The maximum Gasteiger partial charge on any atom is 0.310 e. The monoisotopic (exact) mass is 313 g/mol. The Morgan fingerprint density at radius 3 is 2.55 bits per heavy atom. The van der Waals surface area contributed by atoms with Gasteiger partial charge in [-0.1, -0.05) is 6.92 Å². The van der Waals surface area contributed by atoms with E-state index in [0.717, 1.165) is 0 Å². The molecule has 1 heterocycles. The molecule has 3 N–H and O–H groups in total. The Morgan fingerprint density at radius 2 is 2.09 bits per heavy atom. The minimum Gasteiger partial charge on any atom is -0.481 e. The van der Waals surface area contributed by atoms with E-state index in [-0.39, 0.29) is 13.2 Å². The SMILES string of the molecule is CCOC(=O)C(C)C(NCc1ccco1)C(C(=O)O)C(C)O.